The quantitative estimate of drug-likeness (QED) is 0.393. The number of carbonyl (C=O) groups excluding carboxylic acids is 1. The maximum atomic E-state index is 13.2. The molecule has 1 amide bonds. The van der Waals surface area contributed by atoms with Gasteiger partial charge in [-0.1, -0.05) is 23.4 Å². The first-order chi connectivity index (χ1) is 16.4. The Morgan fingerprint density at radius 1 is 1.26 bits per heavy atom. The molecule has 0 saturated heterocycles. The summed E-state index contributed by atoms with van der Waals surface area (Å²) in [5.41, 5.74) is 10.4. The predicted octanol–water partition coefficient (Wildman–Crippen LogP) is 3.30. The highest BCUT2D eigenvalue weighted by molar-refractivity contribution is 6.06. The highest BCUT2D eigenvalue weighted by atomic mass is 16.5. The number of hydrogen-bond acceptors (Lipinski definition) is 7. The van der Waals surface area contributed by atoms with Crippen LogP contribution in [-0.4, -0.2) is 50.9 Å². The van der Waals surface area contributed by atoms with Crippen molar-refractivity contribution in [1.29, 1.82) is 0 Å². The molecule has 3 aromatic heterocycles. The van der Waals surface area contributed by atoms with Crippen molar-refractivity contribution in [3.8, 4) is 11.3 Å². The van der Waals surface area contributed by atoms with Crippen molar-refractivity contribution in [2.24, 2.45) is 5.73 Å². The van der Waals surface area contributed by atoms with E-state index in [2.05, 4.69) is 32.6 Å². The molecule has 0 radical (unpaired) electrons. The summed E-state index contributed by atoms with van der Waals surface area (Å²) in [6.45, 7) is 8.39. The summed E-state index contributed by atoms with van der Waals surface area (Å²) >= 11 is 0. The minimum absolute atomic E-state index is 0.102. The molecule has 9 nitrogen and oxygen atoms in total. The number of aryl methyl sites for hydroxylation is 1. The van der Waals surface area contributed by atoms with E-state index in [1.165, 1.54) is 0 Å². The van der Waals surface area contributed by atoms with Gasteiger partial charge in [0.2, 0.25) is 0 Å². The zero-order chi connectivity index (χ0) is 24.2. The number of aromatic nitrogens is 4. The zero-order valence-electron chi connectivity index (χ0n) is 20.1. The van der Waals surface area contributed by atoms with Crippen molar-refractivity contribution in [2.45, 2.75) is 39.9 Å². The van der Waals surface area contributed by atoms with E-state index in [0.29, 0.717) is 34.6 Å². The van der Waals surface area contributed by atoms with Crippen molar-refractivity contribution < 1.29 is 9.32 Å². The molecule has 4 rings (SSSR count). The summed E-state index contributed by atoms with van der Waals surface area (Å²) < 4.78 is 6.94. The smallest absolute Gasteiger partial charge is 0.252 e. The lowest BCUT2D eigenvalue weighted by Gasteiger charge is -2.16. The van der Waals surface area contributed by atoms with Crippen LogP contribution in [0, 0.1) is 6.92 Å². The van der Waals surface area contributed by atoms with E-state index in [4.69, 9.17) is 15.2 Å². The minimum Gasteiger partial charge on any atom is -0.361 e. The average Bonchev–Trinajstić information content (AvgIpc) is 3.43. The summed E-state index contributed by atoms with van der Waals surface area (Å²) in [6.07, 6.45) is 1.71. The second kappa shape index (κ2) is 10.1. The molecular formula is C25H31N7O2. The van der Waals surface area contributed by atoms with Gasteiger partial charge in [0.05, 0.1) is 29.4 Å². The molecule has 0 aliphatic rings. The van der Waals surface area contributed by atoms with Gasteiger partial charge in [0, 0.05) is 37.3 Å². The third-order valence-corrected chi connectivity index (χ3v) is 5.59. The lowest BCUT2D eigenvalue weighted by molar-refractivity contribution is 0.0951. The molecule has 0 unspecified atom stereocenters. The number of nitrogens with one attached hydrogen (secondary N) is 1. The maximum absolute atomic E-state index is 13.2. The Balaban J connectivity index is 1.71. The van der Waals surface area contributed by atoms with Gasteiger partial charge in [0.25, 0.3) is 5.91 Å². The van der Waals surface area contributed by atoms with Gasteiger partial charge in [0.15, 0.2) is 5.65 Å². The number of pyridine rings is 1. The van der Waals surface area contributed by atoms with Gasteiger partial charge < -0.3 is 20.5 Å². The van der Waals surface area contributed by atoms with E-state index in [9.17, 15) is 4.79 Å². The molecular weight excluding hydrogens is 430 g/mol. The van der Waals surface area contributed by atoms with Crippen LogP contribution in [0.25, 0.3) is 22.3 Å². The fraction of sp³-hybridized carbons (Fsp3) is 0.360. The second-order valence-corrected chi connectivity index (χ2v) is 8.81. The SMILES string of the molecule is Cc1cc(CNC(=O)c2cc(-c3cccc(CN(C)CCN)c3)nc3c2cnn3C(C)C)no1. The molecule has 3 N–H and O–H groups in total. The fourth-order valence-electron chi connectivity index (χ4n) is 3.94. The number of benzene rings is 1. The number of hydrogen-bond donors (Lipinski definition) is 2. The van der Waals surface area contributed by atoms with Crippen LogP contribution in [0.3, 0.4) is 0 Å². The van der Waals surface area contributed by atoms with Gasteiger partial charge >= 0.3 is 0 Å². The number of likely N-dealkylation sites (N-methyl/N-ethyl adjacent to an activating group) is 1. The summed E-state index contributed by atoms with van der Waals surface area (Å²) in [5, 5.41) is 12.1. The number of nitrogens with zero attached hydrogens (tertiary/aromatic N) is 5. The van der Waals surface area contributed by atoms with Crippen LogP contribution in [-0.2, 0) is 13.1 Å². The number of rotatable bonds is 9. The maximum Gasteiger partial charge on any atom is 0.252 e. The first kappa shape index (κ1) is 23.6. The van der Waals surface area contributed by atoms with Gasteiger partial charge in [-0.05, 0) is 45.5 Å². The monoisotopic (exact) mass is 461 g/mol. The van der Waals surface area contributed by atoms with E-state index in [-0.39, 0.29) is 18.5 Å². The molecule has 0 atom stereocenters. The van der Waals surface area contributed by atoms with Crippen LogP contribution < -0.4 is 11.1 Å². The third-order valence-electron chi connectivity index (χ3n) is 5.59. The van der Waals surface area contributed by atoms with E-state index < -0.39 is 0 Å². The number of carbonyl (C=O) groups is 1. The van der Waals surface area contributed by atoms with Crippen LogP contribution in [0.15, 0.2) is 47.1 Å². The van der Waals surface area contributed by atoms with Gasteiger partial charge in [-0.2, -0.15) is 5.10 Å². The predicted molar refractivity (Wildman–Crippen MR) is 131 cm³/mol. The van der Waals surface area contributed by atoms with E-state index >= 15 is 0 Å². The van der Waals surface area contributed by atoms with Gasteiger partial charge in [-0.25, -0.2) is 9.67 Å². The van der Waals surface area contributed by atoms with Gasteiger partial charge in [-0.3, -0.25) is 4.79 Å². The van der Waals surface area contributed by atoms with E-state index in [0.717, 1.165) is 29.9 Å². The van der Waals surface area contributed by atoms with Crippen molar-refractivity contribution in [2.75, 3.05) is 20.1 Å². The molecule has 0 aliphatic carbocycles. The molecule has 9 heteroatoms. The Labute approximate surface area is 198 Å². The number of fused-ring (bicyclic) bond motifs is 1. The largest absolute Gasteiger partial charge is 0.361 e. The molecule has 0 spiro atoms. The highest BCUT2D eigenvalue weighted by Gasteiger charge is 2.19. The molecule has 178 valence electrons. The standard InChI is InChI=1S/C25H31N7O2/c1-16(2)32-24-22(14-28-32)21(25(33)27-13-20-10-17(3)34-30-20)12-23(29-24)19-7-5-6-18(11-19)15-31(4)9-8-26/h5-7,10-12,14,16H,8-9,13,15,26H2,1-4H3,(H,27,33). The molecule has 0 bridgehead atoms. The summed E-state index contributed by atoms with van der Waals surface area (Å²) in [6, 6.07) is 12.0. The first-order valence-corrected chi connectivity index (χ1v) is 11.4. The first-order valence-electron chi connectivity index (χ1n) is 11.4. The van der Waals surface area contributed by atoms with Crippen LogP contribution in [0.2, 0.25) is 0 Å². The van der Waals surface area contributed by atoms with Crippen molar-refractivity contribution in [3.63, 3.8) is 0 Å². The topological polar surface area (TPSA) is 115 Å². The van der Waals surface area contributed by atoms with Crippen LogP contribution in [0.4, 0.5) is 0 Å². The van der Waals surface area contributed by atoms with Crippen LogP contribution >= 0.6 is 0 Å². The van der Waals surface area contributed by atoms with E-state index in [1.807, 2.05) is 50.7 Å². The molecule has 34 heavy (non-hydrogen) atoms. The zero-order valence-corrected chi connectivity index (χ0v) is 20.1. The Hall–Kier alpha value is -3.56. The average molecular weight is 462 g/mol. The Morgan fingerprint density at radius 2 is 2.09 bits per heavy atom. The summed E-state index contributed by atoms with van der Waals surface area (Å²) in [4.78, 5) is 20.3. The Bertz CT molecular complexity index is 1290. The highest BCUT2D eigenvalue weighted by Crippen LogP contribution is 2.27. The fourth-order valence-corrected chi connectivity index (χ4v) is 3.94. The second-order valence-electron chi connectivity index (χ2n) is 8.81. The molecule has 0 saturated carbocycles. The molecule has 1 aromatic carbocycles. The molecule has 0 aliphatic heterocycles. The Morgan fingerprint density at radius 3 is 2.79 bits per heavy atom. The summed E-state index contributed by atoms with van der Waals surface area (Å²) in [7, 11) is 2.05. The number of amides is 1. The van der Waals surface area contributed by atoms with Crippen molar-refractivity contribution >= 4 is 16.9 Å². The lowest BCUT2D eigenvalue weighted by Crippen LogP contribution is -2.24. The lowest BCUT2D eigenvalue weighted by atomic mass is 10.0. The van der Waals surface area contributed by atoms with Crippen LogP contribution in [0.1, 0.15) is 47.3 Å². The number of nitrogens with two attached hydrogens (primary N) is 1. The van der Waals surface area contributed by atoms with Gasteiger partial charge in [-0.15, -0.1) is 0 Å². The minimum atomic E-state index is -0.212. The Kier molecular flexibility index (Phi) is 7.04. The summed E-state index contributed by atoms with van der Waals surface area (Å²) in [5.74, 6) is 0.490. The van der Waals surface area contributed by atoms with E-state index in [1.54, 1.807) is 12.3 Å². The third kappa shape index (κ3) is 5.16. The van der Waals surface area contributed by atoms with Crippen molar-refractivity contribution in [1.82, 2.24) is 30.1 Å². The van der Waals surface area contributed by atoms with Gasteiger partial charge in [0.1, 0.15) is 11.5 Å². The normalized spacial score (nSPS) is 11.6. The van der Waals surface area contributed by atoms with Crippen LogP contribution in [0.5, 0.6) is 0 Å². The van der Waals surface area contributed by atoms with Crippen molar-refractivity contribution in [3.05, 3.63) is 65.2 Å². The molecule has 0 fully saturated rings. The molecule has 3 heterocycles. The molecule has 4 aromatic rings.